The molecule has 0 amide bonds. The van der Waals surface area contributed by atoms with Crippen molar-refractivity contribution in [2.24, 2.45) is 0 Å². The van der Waals surface area contributed by atoms with Crippen LogP contribution in [0.1, 0.15) is 21.5 Å². The SMILES string of the molecule is O=C(O)c1ccc(CSc2nc(-c3ccccc3)cc(N3CCN(C/C=C/c4ccccc4)CC3)n2)cc1. The molecule has 2 heterocycles. The normalized spacial score (nSPS) is 14.2. The van der Waals surface area contributed by atoms with Crippen LogP contribution in [0, 0.1) is 0 Å². The summed E-state index contributed by atoms with van der Waals surface area (Å²) in [4.78, 5) is 25.7. The molecule has 0 unspecified atom stereocenters. The van der Waals surface area contributed by atoms with E-state index in [0.717, 1.165) is 60.5 Å². The summed E-state index contributed by atoms with van der Waals surface area (Å²) in [7, 11) is 0. The molecule has 6 nitrogen and oxygen atoms in total. The highest BCUT2D eigenvalue weighted by Gasteiger charge is 2.19. The summed E-state index contributed by atoms with van der Waals surface area (Å²) in [6.07, 6.45) is 4.42. The lowest BCUT2D eigenvalue weighted by atomic mass is 10.1. The van der Waals surface area contributed by atoms with Crippen molar-refractivity contribution in [3.05, 3.63) is 114 Å². The Morgan fingerprint density at radius 1 is 0.868 bits per heavy atom. The predicted octanol–water partition coefficient (Wildman–Crippen LogP) is 5.97. The number of carboxylic acids is 1. The number of hydrogen-bond donors (Lipinski definition) is 1. The van der Waals surface area contributed by atoms with Crippen molar-refractivity contribution in [1.29, 1.82) is 0 Å². The summed E-state index contributed by atoms with van der Waals surface area (Å²) < 4.78 is 0. The highest BCUT2D eigenvalue weighted by Crippen LogP contribution is 2.28. The van der Waals surface area contributed by atoms with Gasteiger partial charge < -0.3 is 10.0 Å². The Labute approximate surface area is 227 Å². The number of aromatic nitrogens is 2. The van der Waals surface area contributed by atoms with E-state index in [9.17, 15) is 4.79 Å². The van der Waals surface area contributed by atoms with Gasteiger partial charge in [-0.2, -0.15) is 0 Å². The second-order valence-electron chi connectivity index (χ2n) is 9.15. The third kappa shape index (κ3) is 6.88. The maximum absolute atomic E-state index is 11.1. The topological polar surface area (TPSA) is 69.6 Å². The van der Waals surface area contributed by atoms with Crippen LogP contribution in [0.4, 0.5) is 5.82 Å². The Bertz CT molecular complexity index is 1370. The van der Waals surface area contributed by atoms with Gasteiger partial charge in [-0.25, -0.2) is 14.8 Å². The molecule has 0 radical (unpaired) electrons. The van der Waals surface area contributed by atoms with Crippen LogP contribution in [-0.4, -0.2) is 58.7 Å². The van der Waals surface area contributed by atoms with Gasteiger partial charge in [-0.05, 0) is 23.3 Å². The molecule has 0 atom stereocenters. The first-order valence-corrected chi connectivity index (χ1v) is 13.7. The summed E-state index contributed by atoms with van der Waals surface area (Å²) >= 11 is 1.57. The predicted molar refractivity (Wildman–Crippen MR) is 155 cm³/mol. The molecule has 0 bridgehead atoms. The Hall–Kier alpha value is -3.94. The Kier molecular flexibility index (Phi) is 8.48. The molecular weight excluding hydrogens is 492 g/mol. The van der Waals surface area contributed by atoms with Gasteiger partial charge in [0.1, 0.15) is 5.82 Å². The van der Waals surface area contributed by atoms with E-state index in [1.807, 2.05) is 36.4 Å². The molecule has 3 aromatic carbocycles. The van der Waals surface area contributed by atoms with Crippen molar-refractivity contribution in [2.45, 2.75) is 10.9 Å². The minimum Gasteiger partial charge on any atom is -0.478 e. The number of rotatable bonds is 9. The maximum Gasteiger partial charge on any atom is 0.335 e. The molecule has 1 aliphatic rings. The molecule has 192 valence electrons. The minimum atomic E-state index is -0.917. The number of nitrogens with zero attached hydrogens (tertiary/aromatic N) is 4. The van der Waals surface area contributed by atoms with Gasteiger partial charge in [-0.1, -0.05) is 96.7 Å². The number of benzene rings is 3. The highest BCUT2D eigenvalue weighted by molar-refractivity contribution is 7.98. The van der Waals surface area contributed by atoms with Gasteiger partial charge in [0.25, 0.3) is 0 Å². The van der Waals surface area contributed by atoms with Crippen LogP contribution in [-0.2, 0) is 5.75 Å². The molecule has 1 saturated heterocycles. The van der Waals surface area contributed by atoms with E-state index in [2.05, 4.69) is 64.4 Å². The Balaban J connectivity index is 1.27. The van der Waals surface area contributed by atoms with Gasteiger partial charge in [0.15, 0.2) is 5.16 Å². The molecule has 0 aliphatic carbocycles. The molecule has 38 heavy (non-hydrogen) atoms. The van der Waals surface area contributed by atoms with E-state index >= 15 is 0 Å². The van der Waals surface area contributed by atoms with Gasteiger partial charge >= 0.3 is 5.97 Å². The maximum atomic E-state index is 11.1. The zero-order valence-electron chi connectivity index (χ0n) is 21.1. The average Bonchev–Trinajstić information content (AvgIpc) is 2.97. The molecular formula is C31H30N4O2S. The molecule has 1 aliphatic heterocycles. The quantitative estimate of drug-likeness (QED) is 0.215. The summed E-state index contributed by atoms with van der Waals surface area (Å²) in [6.45, 7) is 4.70. The number of anilines is 1. The van der Waals surface area contributed by atoms with Crippen LogP contribution < -0.4 is 4.90 Å². The molecule has 7 heteroatoms. The second kappa shape index (κ2) is 12.5. The smallest absolute Gasteiger partial charge is 0.335 e. The summed E-state index contributed by atoms with van der Waals surface area (Å²) in [5.74, 6) is 0.696. The first-order chi connectivity index (χ1) is 18.6. The third-order valence-electron chi connectivity index (χ3n) is 6.50. The molecule has 1 N–H and O–H groups in total. The van der Waals surface area contributed by atoms with Gasteiger partial charge in [-0.3, -0.25) is 4.90 Å². The number of carbonyl (C=O) groups is 1. The summed E-state index contributed by atoms with van der Waals surface area (Å²) in [5.41, 5.74) is 4.52. The van der Waals surface area contributed by atoms with Crippen molar-refractivity contribution in [2.75, 3.05) is 37.6 Å². The van der Waals surface area contributed by atoms with Crippen LogP contribution in [0.5, 0.6) is 0 Å². The zero-order chi connectivity index (χ0) is 26.2. The lowest BCUT2D eigenvalue weighted by Gasteiger charge is -2.35. The van der Waals surface area contributed by atoms with Gasteiger partial charge in [0.2, 0.25) is 0 Å². The molecule has 0 saturated carbocycles. The van der Waals surface area contributed by atoms with Crippen molar-refractivity contribution in [3.63, 3.8) is 0 Å². The highest BCUT2D eigenvalue weighted by atomic mass is 32.2. The van der Waals surface area contributed by atoms with Crippen LogP contribution in [0.15, 0.2) is 102 Å². The fourth-order valence-electron chi connectivity index (χ4n) is 4.35. The molecule has 5 rings (SSSR count). The Morgan fingerprint density at radius 2 is 1.55 bits per heavy atom. The molecule has 1 fully saturated rings. The van der Waals surface area contributed by atoms with E-state index in [4.69, 9.17) is 15.1 Å². The molecule has 1 aromatic heterocycles. The second-order valence-corrected chi connectivity index (χ2v) is 10.1. The van der Waals surface area contributed by atoms with E-state index in [0.29, 0.717) is 5.75 Å². The fraction of sp³-hybridized carbons (Fsp3) is 0.194. The van der Waals surface area contributed by atoms with Crippen molar-refractivity contribution >= 4 is 29.6 Å². The zero-order valence-corrected chi connectivity index (χ0v) is 21.9. The van der Waals surface area contributed by atoms with E-state index in [-0.39, 0.29) is 5.56 Å². The van der Waals surface area contributed by atoms with Crippen LogP contribution >= 0.6 is 11.8 Å². The number of carboxylic acid groups (broad SMARTS) is 1. The monoisotopic (exact) mass is 522 g/mol. The number of thioether (sulfide) groups is 1. The van der Waals surface area contributed by atoms with Gasteiger partial charge in [0, 0.05) is 50.1 Å². The van der Waals surface area contributed by atoms with Crippen LogP contribution in [0.25, 0.3) is 17.3 Å². The lowest BCUT2D eigenvalue weighted by molar-refractivity contribution is 0.0697. The number of aromatic carboxylic acids is 1. The number of piperazine rings is 1. The first-order valence-electron chi connectivity index (χ1n) is 12.7. The fourth-order valence-corrected chi connectivity index (χ4v) is 5.16. The number of hydrogen-bond acceptors (Lipinski definition) is 6. The van der Waals surface area contributed by atoms with Gasteiger partial charge in [0.05, 0.1) is 11.3 Å². The van der Waals surface area contributed by atoms with Crippen molar-refractivity contribution < 1.29 is 9.90 Å². The van der Waals surface area contributed by atoms with Crippen LogP contribution in [0.3, 0.4) is 0 Å². The summed E-state index contributed by atoms with van der Waals surface area (Å²) in [6, 6.07) is 29.7. The van der Waals surface area contributed by atoms with Crippen LogP contribution in [0.2, 0.25) is 0 Å². The molecule has 4 aromatic rings. The van der Waals surface area contributed by atoms with E-state index in [1.165, 1.54) is 5.56 Å². The average molecular weight is 523 g/mol. The largest absolute Gasteiger partial charge is 0.478 e. The first kappa shape index (κ1) is 25.7. The standard InChI is InChI=1S/C31H30N4O2S/c36-30(37)27-15-13-25(14-16-27)23-38-31-32-28(26-11-5-2-6-12-26)22-29(33-31)35-20-18-34(19-21-35)17-7-10-24-8-3-1-4-9-24/h1-16,22H,17-21,23H2,(H,36,37)/b10-7+. The lowest BCUT2D eigenvalue weighted by Crippen LogP contribution is -2.46. The summed E-state index contributed by atoms with van der Waals surface area (Å²) in [5, 5.41) is 9.87. The minimum absolute atomic E-state index is 0.290. The van der Waals surface area contributed by atoms with Crippen molar-refractivity contribution in [3.8, 4) is 11.3 Å². The molecule has 0 spiro atoms. The van der Waals surface area contributed by atoms with Gasteiger partial charge in [-0.15, -0.1) is 0 Å². The Morgan fingerprint density at radius 3 is 2.24 bits per heavy atom. The van der Waals surface area contributed by atoms with Crippen molar-refractivity contribution in [1.82, 2.24) is 14.9 Å². The third-order valence-corrected chi connectivity index (χ3v) is 7.42. The van der Waals surface area contributed by atoms with E-state index < -0.39 is 5.97 Å². The van der Waals surface area contributed by atoms with E-state index in [1.54, 1.807) is 23.9 Å².